The molecule has 0 atom stereocenters. The molecule has 0 aromatic heterocycles. The highest BCUT2D eigenvalue weighted by atomic mass is 16.6. The molecular weight excluding hydrogens is 298 g/mol. The number of nitro groups is 1. The molecule has 0 spiro atoms. The molecule has 6 heteroatoms. The van der Waals surface area contributed by atoms with Crippen LogP contribution in [0.3, 0.4) is 0 Å². The molecule has 0 bridgehead atoms. The molecule has 1 aromatic carbocycles. The van der Waals surface area contributed by atoms with Crippen LogP contribution in [0.4, 0.5) is 5.69 Å². The Morgan fingerprint density at radius 2 is 1.78 bits per heavy atom. The molecule has 1 fully saturated rings. The van der Waals surface area contributed by atoms with Gasteiger partial charge in [-0.1, -0.05) is 13.0 Å². The molecule has 0 radical (unpaired) electrons. The van der Waals surface area contributed by atoms with Gasteiger partial charge in [-0.2, -0.15) is 0 Å². The van der Waals surface area contributed by atoms with Crippen molar-refractivity contribution in [3.8, 4) is 0 Å². The van der Waals surface area contributed by atoms with Gasteiger partial charge in [0.05, 0.1) is 4.92 Å². The first-order chi connectivity index (χ1) is 10.8. The molecule has 0 heterocycles. The van der Waals surface area contributed by atoms with E-state index in [1.54, 1.807) is 19.9 Å². The zero-order valence-electron chi connectivity index (χ0n) is 13.4. The molecule has 0 saturated heterocycles. The summed E-state index contributed by atoms with van der Waals surface area (Å²) in [5, 5.41) is 11.1. The maximum absolute atomic E-state index is 12.3. The summed E-state index contributed by atoms with van der Waals surface area (Å²) in [6, 6.07) is 3.07. The number of hydrogen-bond acceptors (Lipinski definition) is 5. The fourth-order valence-electron chi connectivity index (χ4n) is 3.42. The van der Waals surface area contributed by atoms with Gasteiger partial charge in [0, 0.05) is 30.9 Å². The van der Waals surface area contributed by atoms with Crippen LogP contribution in [-0.2, 0) is 14.4 Å². The minimum atomic E-state index is -1.14. The van der Waals surface area contributed by atoms with Gasteiger partial charge in [0.25, 0.3) is 5.69 Å². The maximum Gasteiger partial charge on any atom is 0.272 e. The fourth-order valence-corrected chi connectivity index (χ4v) is 3.42. The molecule has 1 saturated carbocycles. The van der Waals surface area contributed by atoms with E-state index in [0.29, 0.717) is 11.1 Å². The molecular formula is C17H19NO5. The van der Waals surface area contributed by atoms with E-state index < -0.39 is 16.8 Å². The minimum absolute atomic E-state index is 0.0164. The third kappa shape index (κ3) is 3.06. The van der Waals surface area contributed by atoms with E-state index >= 15 is 0 Å². The monoisotopic (exact) mass is 317 g/mol. The SMILES string of the molecule is CCC(=O)C1C(=O)CC(c2c(C)ccc([N+](=O)[O-])c2C)CC1=O. The van der Waals surface area contributed by atoms with Crippen molar-refractivity contribution in [1.29, 1.82) is 0 Å². The number of nitrogens with zero attached hydrogens (tertiary/aromatic N) is 1. The van der Waals surface area contributed by atoms with Gasteiger partial charge in [0.2, 0.25) is 0 Å². The van der Waals surface area contributed by atoms with E-state index in [1.165, 1.54) is 6.07 Å². The lowest BCUT2D eigenvalue weighted by Gasteiger charge is -2.27. The highest BCUT2D eigenvalue weighted by Crippen LogP contribution is 2.38. The Morgan fingerprint density at radius 3 is 2.26 bits per heavy atom. The van der Waals surface area contributed by atoms with Crippen molar-refractivity contribution in [2.45, 2.75) is 46.0 Å². The summed E-state index contributed by atoms with van der Waals surface area (Å²) < 4.78 is 0. The van der Waals surface area contributed by atoms with Crippen molar-refractivity contribution in [2.24, 2.45) is 5.92 Å². The van der Waals surface area contributed by atoms with Crippen LogP contribution in [0.2, 0.25) is 0 Å². The van der Waals surface area contributed by atoms with Crippen molar-refractivity contribution in [3.63, 3.8) is 0 Å². The fraction of sp³-hybridized carbons (Fsp3) is 0.471. The van der Waals surface area contributed by atoms with Gasteiger partial charge in [-0.15, -0.1) is 0 Å². The van der Waals surface area contributed by atoms with Crippen LogP contribution in [0.5, 0.6) is 0 Å². The molecule has 0 amide bonds. The van der Waals surface area contributed by atoms with Gasteiger partial charge in [-0.25, -0.2) is 0 Å². The first-order valence-corrected chi connectivity index (χ1v) is 7.60. The van der Waals surface area contributed by atoms with Crippen LogP contribution in [0.25, 0.3) is 0 Å². The molecule has 0 N–H and O–H groups in total. The second-order valence-electron chi connectivity index (χ2n) is 5.99. The van der Waals surface area contributed by atoms with E-state index in [-0.39, 0.29) is 42.3 Å². The van der Waals surface area contributed by atoms with E-state index in [2.05, 4.69) is 0 Å². The van der Waals surface area contributed by atoms with Crippen LogP contribution in [0, 0.1) is 29.9 Å². The molecule has 1 aromatic rings. The topological polar surface area (TPSA) is 94.3 Å². The van der Waals surface area contributed by atoms with Gasteiger partial charge >= 0.3 is 0 Å². The number of benzene rings is 1. The zero-order chi connectivity index (χ0) is 17.3. The second-order valence-corrected chi connectivity index (χ2v) is 5.99. The summed E-state index contributed by atoms with van der Waals surface area (Å²) >= 11 is 0. The number of rotatable bonds is 4. The summed E-state index contributed by atoms with van der Waals surface area (Å²) in [6.07, 6.45) is 0.303. The third-order valence-electron chi connectivity index (χ3n) is 4.52. The highest BCUT2D eigenvalue weighted by Gasteiger charge is 2.40. The Bertz CT molecular complexity index is 689. The van der Waals surface area contributed by atoms with Gasteiger partial charge < -0.3 is 0 Å². The smallest absolute Gasteiger partial charge is 0.272 e. The van der Waals surface area contributed by atoms with Crippen LogP contribution >= 0.6 is 0 Å². The van der Waals surface area contributed by atoms with Gasteiger partial charge in [0.1, 0.15) is 5.92 Å². The van der Waals surface area contributed by atoms with Crippen LogP contribution in [0.15, 0.2) is 12.1 Å². The summed E-state index contributed by atoms with van der Waals surface area (Å²) in [5.74, 6) is -2.62. The van der Waals surface area contributed by atoms with Crippen molar-refractivity contribution in [2.75, 3.05) is 0 Å². The molecule has 1 aliphatic rings. The Morgan fingerprint density at radius 1 is 1.22 bits per heavy atom. The third-order valence-corrected chi connectivity index (χ3v) is 4.52. The first-order valence-electron chi connectivity index (χ1n) is 7.60. The highest BCUT2D eigenvalue weighted by molar-refractivity contribution is 6.20. The number of ketones is 3. The largest absolute Gasteiger partial charge is 0.298 e. The molecule has 122 valence electrons. The molecule has 1 aliphatic carbocycles. The Labute approximate surface area is 134 Å². The number of nitro benzene ring substituents is 1. The Kier molecular flexibility index (Phi) is 4.73. The first kappa shape index (κ1) is 17.0. The lowest BCUT2D eigenvalue weighted by atomic mass is 9.73. The lowest BCUT2D eigenvalue weighted by molar-refractivity contribution is -0.385. The van der Waals surface area contributed by atoms with E-state index in [9.17, 15) is 24.5 Å². The van der Waals surface area contributed by atoms with Gasteiger partial charge in [0.15, 0.2) is 17.3 Å². The normalized spacial score (nSPS) is 21.3. The average Bonchev–Trinajstić information content (AvgIpc) is 2.45. The molecule has 2 rings (SSSR count). The van der Waals surface area contributed by atoms with Crippen molar-refractivity contribution in [3.05, 3.63) is 38.9 Å². The van der Waals surface area contributed by atoms with Crippen molar-refractivity contribution >= 4 is 23.0 Å². The van der Waals surface area contributed by atoms with Crippen LogP contribution < -0.4 is 0 Å². The predicted octanol–water partition coefficient (Wildman–Crippen LogP) is 2.82. The standard InChI is InChI=1S/C17H19NO5/c1-4-13(19)17-14(20)7-11(8-15(17)21)16-9(2)5-6-12(10(16)3)18(22)23/h5-6,11,17H,4,7-8H2,1-3H3. The van der Waals surface area contributed by atoms with Gasteiger partial charge in [-0.05, 0) is 30.9 Å². The van der Waals surface area contributed by atoms with Crippen LogP contribution in [-0.4, -0.2) is 22.3 Å². The predicted molar refractivity (Wildman–Crippen MR) is 83.3 cm³/mol. The molecule has 6 nitrogen and oxygen atoms in total. The van der Waals surface area contributed by atoms with Crippen molar-refractivity contribution in [1.82, 2.24) is 0 Å². The molecule has 0 aliphatic heterocycles. The van der Waals surface area contributed by atoms with E-state index in [4.69, 9.17) is 0 Å². The Hall–Kier alpha value is -2.37. The number of carbonyl (C=O) groups is 3. The second kappa shape index (κ2) is 6.40. The zero-order valence-corrected chi connectivity index (χ0v) is 13.4. The number of Topliss-reactive ketones (excluding diaryl/α,β-unsaturated/α-hetero) is 3. The minimum Gasteiger partial charge on any atom is -0.298 e. The van der Waals surface area contributed by atoms with Crippen LogP contribution in [0.1, 0.15) is 48.8 Å². The summed E-state index contributed by atoms with van der Waals surface area (Å²) in [7, 11) is 0. The quantitative estimate of drug-likeness (QED) is 0.483. The van der Waals surface area contributed by atoms with E-state index in [0.717, 1.165) is 5.56 Å². The number of aryl methyl sites for hydroxylation is 1. The summed E-state index contributed by atoms with van der Waals surface area (Å²) in [4.78, 5) is 46.9. The lowest BCUT2D eigenvalue weighted by Crippen LogP contribution is -2.38. The summed E-state index contributed by atoms with van der Waals surface area (Å²) in [5.41, 5.74) is 1.97. The average molecular weight is 317 g/mol. The maximum atomic E-state index is 12.3. The van der Waals surface area contributed by atoms with Crippen molar-refractivity contribution < 1.29 is 19.3 Å². The number of carbonyl (C=O) groups excluding carboxylic acids is 3. The summed E-state index contributed by atoms with van der Waals surface area (Å²) in [6.45, 7) is 5.08. The molecule has 0 unspecified atom stereocenters. The number of hydrogen-bond donors (Lipinski definition) is 0. The van der Waals surface area contributed by atoms with Gasteiger partial charge in [-0.3, -0.25) is 24.5 Å². The molecule has 23 heavy (non-hydrogen) atoms. The van der Waals surface area contributed by atoms with E-state index in [1.807, 2.05) is 6.92 Å². The Balaban J connectivity index is 2.41.